The maximum atomic E-state index is 15.0. The number of aliphatic hydroxyl groups is 13. The van der Waals surface area contributed by atoms with Crippen molar-refractivity contribution in [2.75, 3.05) is 39.5 Å². The van der Waals surface area contributed by atoms with Crippen LogP contribution in [-0.2, 0) is 67.3 Å². The number of hydrogen-bond donors (Lipinski definition) is 21. The fourth-order valence-corrected chi connectivity index (χ4v) is 12.3. The lowest BCUT2D eigenvalue weighted by Gasteiger charge is -2.46. The van der Waals surface area contributed by atoms with Crippen molar-refractivity contribution >= 4 is 41.8 Å². The van der Waals surface area contributed by atoms with Crippen LogP contribution in [-0.4, -0.2) is 299 Å². The van der Waals surface area contributed by atoms with Crippen molar-refractivity contribution in [3.63, 3.8) is 0 Å². The van der Waals surface area contributed by atoms with Crippen LogP contribution in [0.3, 0.4) is 0 Å². The van der Waals surface area contributed by atoms with Crippen molar-refractivity contribution in [2.24, 2.45) is 27.2 Å². The number of carbonyl (C=O) groups excluding carboxylic acids is 5. The van der Waals surface area contributed by atoms with Crippen LogP contribution in [0.4, 0.5) is 0 Å². The molecule has 558 valence electrons. The molecule has 25 unspecified atom stereocenters. The van der Waals surface area contributed by atoms with Gasteiger partial charge in [-0.3, -0.25) is 29.2 Å². The molecule has 5 heterocycles. The summed E-state index contributed by atoms with van der Waals surface area (Å²) in [4.78, 5) is 79.4. The van der Waals surface area contributed by atoms with Gasteiger partial charge in [0.05, 0.1) is 64.2 Å². The van der Waals surface area contributed by atoms with Gasteiger partial charge >= 0.3 is 0 Å². The topological polar surface area (TPSA) is 579 Å². The Labute approximate surface area is 583 Å². The molecule has 5 aliphatic rings. The number of benzene rings is 4. The highest BCUT2D eigenvalue weighted by Crippen LogP contribution is 2.33. The zero-order valence-corrected chi connectivity index (χ0v) is 55.1. The van der Waals surface area contributed by atoms with Crippen molar-refractivity contribution in [3.8, 4) is 11.5 Å². The number of nitrogens with one attached hydrogen (secondary N) is 5. The van der Waals surface area contributed by atoms with Gasteiger partial charge in [0.2, 0.25) is 29.9 Å². The number of rotatable bonds is 32. The molecule has 3 saturated heterocycles. The van der Waals surface area contributed by atoms with Crippen LogP contribution in [0.5, 0.6) is 11.5 Å². The van der Waals surface area contributed by atoms with E-state index in [1.54, 1.807) is 61.5 Å². The molecule has 3 fully saturated rings. The predicted molar refractivity (Wildman–Crippen MR) is 352 cm³/mol. The van der Waals surface area contributed by atoms with E-state index in [9.17, 15) is 85.6 Å². The first-order valence-corrected chi connectivity index (χ1v) is 32.8. The summed E-state index contributed by atoms with van der Waals surface area (Å²) in [6, 6.07) is 18.7. The van der Waals surface area contributed by atoms with E-state index in [0.717, 1.165) is 10.5 Å². The van der Waals surface area contributed by atoms with Crippen molar-refractivity contribution in [1.82, 2.24) is 31.5 Å². The van der Waals surface area contributed by atoms with Crippen LogP contribution in [0.15, 0.2) is 119 Å². The summed E-state index contributed by atoms with van der Waals surface area (Å²) in [5.41, 5.74) is 21.2. The molecule has 36 heteroatoms. The number of hydrogen-bond acceptors (Lipinski definition) is 32. The average molecular weight is 1440 g/mol. The molecule has 0 spiro atoms. The number of ether oxygens (including phenoxy) is 7. The molecule has 9 rings (SSSR count). The minimum atomic E-state index is -2.26. The second-order valence-corrected chi connectivity index (χ2v) is 25.2. The van der Waals surface area contributed by atoms with Crippen molar-refractivity contribution < 1.29 is 124 Å². The molecule has 102 heavy (non-hydrogen) atoms. The standard InChI is InChI=1S/C66H89N11O25/c1-30(34-10-6-3-7-11-34)44(67)59(93)73-38(58(92)75-45(47(83)39-21-70-65(68)74-39)61(95)76-46(60(94)72-35(23-78)24-79)48(84)40-22-71-66(69)77(40)62-53(89)50(86)49(85)41(25-80)99-62)20-31-12-18-37(19-13-31)98-63-55(91)52(88)57(43(27-82)101-63)102-64-54(90)51(87)56(42(26-81)100-64)97-29-33-14-16-36(17-15-33)96-28-32-8-4-2-5-9-32/h2-19,23,30,35,38-57,62-64,79-91H,20-22,24-29,67H2,1H3,(H2,69,71)(H,72,94)(H,73,93)(H,75,92)(H,76,95)(H3,68,70,74). The number of aldehydes is 1. The average Bonchev–Trinajstić information content (AvgIpc) is 1.31. The van der Waals surface area contributed by atoms with E-state index in [1.165, 1.54) is 24.3 Å². The van der Waals surface area contributed by atoms with Gasteiger partial charge in [-0.25, -0.2) is 0 Å². The SMILES string of the molecule is CC(c1ccccc1)C(N)C(=O)NC(Cc1ccc(OC2OC(CO)C(OC3OC(CO)C(OCc4ccc(OCc5ccccc5)cc4)C(O)C3O)C(O)C2O)cc1)C(=O)NC(C(=O)NC(C(=O)NC(C=O)CO)C(O)C1CN=C(N)N1C1OC(CO)C(O)C(O)C1O)C(O)C1CN=C(N)N1. The molecule has 0 aliphatic carbocycles. The number of aliphatic imine (C=N–C) groups is 2. The van der Waals surface area contributed by atoms with Gasteiger partial charge in [0.15, 0.2) is 24.4 Å². The molecule has 4 aromatic carbocycles. The number of nitrogens with two attached hydrogens (primary N) is 3. The third-order valence-electron chi connectivity index (χ3n) is 18.3. The van der Waals surface area contributed by atoms with Crippen LogP contribution in [0.25, 0.3) is 0 Å². The Morgan fingerprint density at radius 1 is 0.608 bits per heavy atom. The third-order valence-corrected chi connectivity index (χ3v) is 18.3. The van der Waals surface area contributed by atoms with E-state index < -0.39 is 221 Å². The Bertz CT molecular complexity index is 3450. The van der Waals surface area contributed by atoms with Gasteiger partial charge in [0, 0.05) is 12.3 Å². The Morgan fingerprint density at radius 2 is 1.18 bits per heavy atom. The Kier molecular flexibility index (Phi) is 27.4. The van der Waals surface area contributed by atoms with Crippen molar-refractivity contribution in [1.29, 1.82) is 0 Å². The molecule has 0 bridgehead atoms. The third kappa shape index (κ3) is 18.6. The predicted octanol–water partition coefficient (Wildman–Crippen LogP) is -8.90. The largest absolute Gasteiger partial charge is 0.489 e. The van der Waals surface area contributed by atoms with Crippen LogP contribution >= 0.6 is 0 Å². The van der Waals surface area contributed by atoms with E-state index in [0.29, 0.717) is 23.5 Å². The van der Waals surface area contributed by atoms with Gasteiger partial charge in [-0.2, -0.15) is 0 Å². The molecular formula is C66H89N11O25. The second-order valence-electron chi connectivity index (χ2n) is 25.2. The lowest BCUT2D eigenvalue weighted by atomic mass is 9.93. The maximum Gasteiger partial charge on any atom is 0.246 e. The Balaban J connectivity index is 0.898. The monoisotopic (exact) mass is 1440 g/mol. The molecule has 0 aromatic heterocycles. The van der Waals surface area contributed by atoms with Gasteiger partial charge in [-0.15, -0.1) is 0 Å². The van der Waals surface area contributed by atoms with Gasteiger partial charge in [-0.05, 0) is 46.5 Å². The zero-order chi connectivity index (χ0) is 73.6. The normalized spacial score (nSPS) is 30.3. The lowest BCUT2D eigenvalue weighted by molar-refractivity contribution is -0.355. The molecule has 25 atom stereocenters. The van der Waals surface area contributed by atoms with Crippen LogP contribution in [0, 0.1) is 0 Å². The first-order chi connectivity index (χ1) is 48.9. The molecule has 5 aliphatic heterocycles. The molecular weight excluding hydrogens is 1350 g/mol. The summed E-state index contributed by atoms with van der Waals surface area (Å²) >= 11 is 0. The van der Waals surface area contributed by atoms with Crippen LogP contribution in [0.1, 0.15) is 35.1 Å². The number of amides is 4. The molecule has 4 aromatic rings. The minimum Gasteiger partial charge on any atom is -0.489 e. The first kappa shape index (κ1) is 78.0. The Morgan fingerprint density at radius 3 is 1.80 bits per heavy atom. The minimum absolute atomic E-state index is 0.0408. The number of guanidine groups is 2. The number of nitrogens with zero attached hydrogens (tertiary/aromatic N) is 3. The molecule has 36 nitrogen and oxygen atoms in total. The van der Waals surface area contributed by atoms with Crippen molar-refractivity contribution in [2.45, 2.75) is 179 Å². The summed E-state index contributed by atoms with van der Waals surface area (Å²) < 4.78 is 41.0. The van der Waals surface area contributed by atoms with Gasteiger partial charge in [0.25, 0.3) is 0 Å². The maximum absolute atomic E-state index is 15.0. The number of carbonyl (C=O) groups is 5. The molecule has 0 saturated carbocycles. The fraction of sp³-hybridized carbons (Fsp3) is 0.530. The summed E-state index contributed by atoms with van der Waals surface area (Å²) in [6.45, 7) is -2.35. The molecule has 0 radical (unpaired) electrons. The summed E-state index contributed by atoms with van der Waals surface area (Å²) in [5.74, 6) is -5.59. The van der Waals surface area contributed by atoms with Crippen LogP contribution in [0.2, 0.25) is 0 Å². The van der Waals surface area contributed by atoms with Crippen molar-refractivity contribution in [3.05, 3.63) is 131 Å². The molecule has 24 N–H and O–H groups in total. The van der Waals surface area contributed by atoms with E-state index in [-0.39, 0.29) is 36.7 Å². The summed E-state index contributed by atoms with van der Waals surface area (Å²) in [5, 5.41) is 155. The van der Waals surface area contributed by atoms with Gasteiger partial charge in [0.1, 0.15) is 134 Å². The lowest BCUT2D eigenvalue weighted by Crippen LogP contribution is -2.70. The second kappa shape index (κ2) is 35.8. The first-order valence-electron chi connectivity index (χ1n) is 32.8. The highest BCUT2D eigenvalue weighted by molar-refractivity contribution is 5.96. The number of aliphatic hydroxyl groups excluding tert-OH is 13. The van der Waals surface area contributed by atoms with E-state index in [4.69, 9.17) is 50.4 Å². The van der Waals surface area contributed by atoms with Gasteiger partial charge in [-0.1, -0.05) is 91.9 Å². The van der Waals surface area contributed by atoms with E-state index in [1.807, 2.05) is 30.3 Å². The highest BCUT2D eigenvalue weighted by Gasteiger charge is 2.54. The van der Waals surface area contributed by atoms with E-state index in [2.05, 4.69) is 36.6 Å². The van der Waals surface area contributed by atoms with E-state index >= 15 is 4.79 Å². The summed E-state index contributed by atoms with van der Waals surface area (Å²) in [6.07, 6.45) is -30.4. The van der Waals surface area contributed by atoms with Gasteiger partial charge < -0.3 is 153 Å². The molecule has 4 amide bonds. The highest BCUT2D eigenvalue weighted by atomic mass is 16.7. The summed E-state index contributed by atoms with van der Waals surface area (Å²) in [7, 11) is 0. The van der Waals surface area contributed by atoms with Crippen LogP contribution < -0.4 is 53.3 Å². The quantitative estimate of drug-likeness (QED) is 0.0202. The Hall–Kier alpha value is -8.19. The fourth-order valence-electron chi connectivity index (χ4n) is 12.3. The zero-order valence-electron chi connectivity index (χ0n) is 55.1. The smallest absolute Gasteiger partial charge is 0.246 e.